The molecular weight excluding hydrogens is 360 g/mol. The molecule has 1 aliphatic rings. The van der Waals surface area contributed by atoms with Crippen molar-refractivity contribution in [2.75, 3.05) is 0 Å². The van der Waals surface area contributed by atoms with Crippen LogP contribution in [0.1, 0.15) is 36.6 Å². The van der Waals surface area contributed by atoms with E-state index in [4.69, 9.17) is 11.6 Å². The van der Waals surface area contributed by atoms with Crippen LogP contribution < -0.4 is 0 Å². The first-order valence-corrected chi connectivity index (χ1v) is 8.34. The molecule has 0 spiro atoms. The average Bonchev–Trinajstić information content (AvgIpc) is 3.37. The second-order valence-corrected chi connectivity index (χ2v) is 6.48. The summed E-state index contributed by atoms with van der Waals surface area (Å²) < 4.78 is 27.3. The molecule has 26 heavy (non-hydrogen) atoms. The van der Waals surface area contributed by atoms with Gasteiger partial charge >= 0.3 is 6.55 Å². The fraction of sp³-hybridized carbons (Fsp3) is 0.222. The third-order valence-electron chi connectivity index (χ3n) is 4.29. The van der Waals surface area contributed by atoms with Crippen molar-refractivity contribution in [1.82, 2.24) is 19.7 Å². The smallest absolute Gasteiger partial charge is 0.255 e. The molecule has 130 valence electrons. The van der Waals surface area contributed by atoms with Crippen LogP contribution in [0.3, 0.4) is 0 Å². The van der Waals surface area contributed by atoms with Gasteiger partial charge in [0.1, 0.15) is 11.5 Å². The molecule has 0 bridgehead atoms. The second kappa shape index (κ2) is 6.46. The normalized spacial score (nSPS) is 13.8. The summed E-state index contributed by atoms with van der Waals surface area (Å²) in [5, 5.41) is 17.0. The number of pyridine rings is 1. The van der Waals surface area contributed by atoms with E-state index in [1.807, 2.05) is 12.1 Å². The Morgan fingerprint density at radius 2 is 2.00 bits per heavy atom. The van der Waals surface area contributed by atoms with E-state index in [2.05, 4.69) is 15.2 Å². The molecule has 1 aromatic carbocycles. The van der Waals surface area contributed by atoms with Crippen LogP contribution in [-0.2, 0) is 0 Å². The monoisotopic (exact) mass is 371 g/mol. The lowest BCUT2D eigenvalue weighted by molar-refractivity contribution is 0.0716. The predicted molar refractivity (Wildman–Crippen MR) is 91.6 cm³/mol. The minimum atomic E-state index is -2.79. The van der Waals surface area contributed by atoms with Gasteiger partial charge in [0.15, 0.2) is 5.82 Å². The number of halogens is 3. The maximum absolute atomic E-state index is 13.3. The zero-order valence-electron chi connectivity index (χ0n) is 13.4. The van der Waals surface area contributed by atoms with Gasteiger partial charge in [-0.2, -0.15) is 14.0 Å². The molecule has 3 aromatic rings. The minimum absolute atomic E-state index is 0.00648. The molecule has 2 aromatic heterocycles. The molecule has 0 N–H and O–H groups in total. The van der Waals surface area contributed by atoms with Gasteiger partial charge in [-0.1, -0.05) is 17.7 Å². The lowest BCUT2D eigenvalue weighted by Crippen LogP contribution is -2.01. The minimum Gasteiger partial charge on any atom is -0.255 e. The molecule has 0 radical (unpaired) electrons. The summed E-state index contributed by atoms with van der Waals surface area (Å²) in [6, 6.07) is 10.5. The maximum Gasteiger partial charge on any atom is 0.321 e. The zero-order chi connectivity index (χ0) is 18.3. The first kappa shape index (κ1) is 16.6. The van der Waals surface area contributed by atoms with E-state index in [1.165, 1.54) is 6.07 Å². The summed E-state index contributed by atoms with van der Waals surface area (Å²) in [4.78, 5) is 4.35. The van der Waals surface area contributed by atoms with Gasteiger partial charge in [-0.15, -0.1) is 10.2 Å². The molecule has 0 amide bonds. The molecule has 0 aliphatic heterocycles. The summed E-state index contributed by atoms with van der Waals surface area (Å²) in [7, 11) is 0. The number of hydrogen-bond acceptors (Lipinski definition) is 4. The lowest BCUT2D eigenvalue weighted by Gasteiger charge is -2.12. The highest BCUT2D eigenvalue weighted by atomic mass is 35.5. The summed E-state index contributed by atoms with van der Waals surface area (Å²) in [5.41, 5.74) is 3.01. The fourth-order valence-corrected chi connectivity index (χ4v) is 3.10. The van der Waals surface area contributed by atoms with E-state index in [-0.39, 0.29) is 5.82 Å². The first-order valence-electron chi connectivity index (χ1n) is 7.97. The van der Waals surface area contributed by atoms with Crippen molar-refractivity contribution in [2.45, 2.75) is 25.3 Å². The van der Waals surface area contributed by atoms with Crippen LogP contribution in [0.15, 0.2) is 36.7 Å². The number of alkyl halides is 2. The van der Waals surface area contributed by atoms with E-state index in [1.54, 1.807) is 18.2 Å². The number of nitrogens with zero attached hydrogens (tertiary/aromatic N) is 5. The van der Waals surface area contributed by atoms with Gasteiger partial charge in [0, 0.05) is 17.2 Å². The molecule has 0 unspecified atom stereocenters. The molecule has 1 fully saturated rings. The number of benzene rings is 1. The molecule has 1 saturated carbocycles. The standard InChI is InChI=1S/C18H12ClF2N5/c19-16-7-12(6-15(24-16)11-2-3-11)13-4-1-10(8-22)5-14(13)17-25-23-9-26(17)18(20)21/h1,4-7,9,11,18H,2-3H2. The Hall–Kier alpha value is -2.85. The van der Waals surface area contributed by atoms with Gasteiger partial charge < -0.3 is 0 Å². The molecule has 0 atom stereocenters. The van der Waals surface area contributed by atoms with Crippen molar-refractivity contribution in [3.05, 3.63) is 53.1 Å². The number of nitriles is 1. The van der Waals surface area contributed by atoms with Crippen LogP contribution in [0.2, 0.25) is 5.15 Å². The third-order valence-corrected chi connectivity index (χ3v) is 4.49. The second-order valence-electron chi connectivity index (χ2n) is 6.09. The molecule has 2 heterocycles. The molecule has 0 saturated heterocycles. The Kier molecular flexibility index (Phi) is 4.13. The van der Waals surface area contributed by atoms with Crippen molar-refractivity contribution >= 4 is 11.6 Å². The van der Waals surface area contributed by atoms with Gasteiger partial charge in [0.25, 0.3) is 0 Å². The van der Waals surface area contributed by atoms with Crippen LogP contribution in [0, 0.1) is 11.3 Å². The zero-order valence-corrected chi connectivity index (χ0v) is 14.2. The van der Waals surface area contributed by atoms with E-state index in [0.29, 0.717) is 32.3 Å². The van der Waals surface area contributed by atoms with E-state index in [0.717, 1.165) is 30.4 Å². The van der Waals surface area contributed by atoms with Gasteiger partial charge in [-0.05, 0) is 48.2 Å². The van der Waals surface area contributed by atoms with E-state index < -0.39 is 6.55 Å². The molecule has 5 nitrogen and oxygen atoms in total. The highest BCUT2D eigenvalue weighted by molar-refractivity contribution is 6.29. The summed E-state index contributed by atoms with van der Waals surface area (Å²) in [6.45, 7) is -2.79. The summed E-state index contributed by atoms with van der Waals surface area (Å²) >= 11 is 6.17. The fourth-order valence-electron chi connectivity index (χ4n) is 2.89. The Morgan fingerprint density at radius 3 is 2.69 bits per heavy atom. The van der Waals surface area contributed by atoms with Crippen LogP contribution in [0.5, 0.6) is 0 Å². The Labute approximate surface area is 152 Å². The topological polar surface area (TPSA) is 67.4 Å². The van der Waals surface area contributed by atoms with Crippen LogP contribution >= 0.6 is 11.6 Å². The third kappa shape index (κ3) is 3.04. The van der Waals surface area contributed by atoms with Gasteiger partial charge in [-0.3, -0.25) is 4.57 Å². The van der Waals surface area contributed by atoms with Crippen molar-refractivity contribution in [3.8, 4) is 28.6 Å². The Bertz CT molecular complexity index is 1020. The molecule has 4 rings (SSSR count). The van der Waals surface area contributed by atoms with Crippen molar-refractivity contribution in [2.24, 2.45) is 0 Å². The van der Waals surface area contributed by atoms with Gasteiger partial charge in [-0.25, -0.2) is 4.98 Å². The van der Waals surface area contributed by atoms with E-state index >= 15 is 0 Å². The molecule has 1 aliphatic carbocycles. The SMILES string of the molecule is N#Cc1ccc(-c2cc(Cl)nc(C3CC3)c2)c(-c2nncn2C(F)F)c1. The number of aromatic nitrogens is 4. The van der Waals surface area contributed by atoms with E-state index in [9.17, 15) is 14.0 Å². The number of hydrogen-bond donors (Lipinski definition) is 0. The van der Waals surface area contributed by atoms with Crippen molar-refractivity contribution in [1.29, 1.82) is 5.26 Å². The van der Waals surface area contributed by atoms with Crippen LogP contribution in [0.4, 0.5) is 8.78 Å². The highest BCUT2D eigenvalue weighted by Crippen LogP contribution is 2.42. The summed E-state index contributed by atoms with van der Waals surface area (Å²) in [5.74, 6) is 0.381. The van der Waals surface area contributed by atoms with Crippen molar-refractivity contribution < 1.29 is 8.78 Å². The van der Waals surface area contributed by atoms with Gasteiger partial charge in [0.05, 0.1) is 11.6 Å². The average molecular weight is 372 g/mol. The lowest BCUT2D eigenvalue weighted by atomic mass is 9.97. The quantitative estimate of drug-likeness (QED) is 0.617. The first-order chi connectivity index (χ1) is 12.6. The largest absolute Gasteiger partial charge is 0.321 e. The van der Waals surface area contributed by atoms with Crippen molar-refractivity contribution in [3.63, 3.8) is 0 Å². The summed E-state index contributed by atoms with van der Waals surface area (Å²) in [6.07, 6.45) is 3.09. The highest BCUT2D eigenvalue weighted by Gasteiger charge is 2.26. The Morgan fingerprint density at radius 1 is 1.19 bits per heavy atom. The van der Waals surface area contributed by atoms with Gasteiger partial charge in [0.2, 0.25) is 0 Å². The van der Waals surface area contributed by atoms with Crippen LogP contribution in [-0.4, -0.2) is 19.7 Å². The number of rotatable bonds is 4. The Balaban J connectivity index is 1.92. The molecule has 8 heteroatoms. The van der Waals surface area contributed by atoms with Crippen LogP contribution in [0.25, 0.3) is 22.5 Å². The molecular formula is C18H12ClF2N5. The predicted octanol–water partition coefficient (Wildman–Crippen LogP) is 4.80. The maximum atomic E-state index is 13.3.